The quantitative estimate of drug-likeness (QED) is 0.260. The first kappa shape index (κ1) is 24.4. The molecule has 6 nitrogen and oxygen atoms in total. The molecule has 1 atom stereocenters. The number of methoxy groups -OCH3 is 1. The van der Waals surface area contributed by atoms with Crippen molar-refractivity contribution >= 4 is 34.7 Å². The Hall–Kier alpha value is -3.77. The summed E-state index contributed by atoms with van der Waals surface area (Å²) in [7, 11) is 1.54. The minimum absolute atomic E-state index is 0.0101. The number of Topliss-reactive ketones (excluding diaryl/α,β-unsaturated/α-hetero) is 1. The Bertz CT molecular complexity index is 1310. The molecule has 0 bridgehead atoms. The van der Waals surface area contributed by atoms with Crippen molar-refractivity contribution in [3.05, 3.63) is 93.5 Å². The van der Waals surface area contributed by atoms with E-state index >= 15 is 0 Å². The molecule has 1 aliphatic rings. The number of aliphatic hydroxyl groups is 1. The van der Waals surface area contributed by atoms with E-state index < -0.39 is 17.7 Å². The van der Waals surface area contributed by atoms with Gasteiger partial charge in [-0.15, -0.1) is 0 Å². The van der Waals surface area contributed by atoms with E-state index in [0.717, 1.165) is 11.1 Å². The Kier molecular flexibility index (Phi) is 6.85. The van der Waals surface area contributed by atoms with Crippen LogP contribution in [0.1, 0.15) is 35.2 Å². The van der Waals surface area contributed by atoms with Gasteiger partial charge in [-0.05, 0) is 86.0 Å². The summed E-state index contributed by atoms with van der Waals surface area (Å²) in [4.78, 5) is 28.2. The second-order valence-corrected chi connectivity index (χ2v) is 8.80. The van der Waals surface area contributed by atoms with Gasteiger partial charge in [0.2, 0.25) is 0 Å². The Labute approximate surface area is 209 Å². The number of ketones is 1. The average molecular weight is 492 g/mol. The molecule has 0 saturated carbocycles. The zero-order chi connectivity index (χ0) is 25.3. The lowest BCUT2D eigenvalue weighted by atomic mass is 9.94. The number of halogens is 1. The maximum absolute atomic E-state index is 13.4. The monoisotopic (exact) mass is 491 g/mol. The van der Waals surface area contributed by atoms with Gasteiger partial charge < -0.3 is 14.6 Å². The van der Waals surface area contributed by atoms with Gasteiger partial charge in [-0.1, -0.05) is 23.7 Å². The lowest BCUT2D eigenvalue weighted by Crippen LogP contribution is -2.29. The van der Waals surface area contributed by atoms with Crippen LogP contribution in [0.4, 0.5) is 5.69 Å². The average Bonchev–Trinajstić information content (AvgIpc) is 3.09. The number of aliphatic hydroxyl groups excluding tert-OH is 1. The topological polar surface area (TPSA) is 76.1 Å². The summed E-state index contributed by atoms with van der Waals surface area (Å²) < 4.78 is 11.2. The van der Waals surface area contributed by atoms with Crippen LogP contribution in [0.2, 0.25) is 5.02 Å². The molecule has 1 fully saturated rings. The van der Waals surface area contributed by atoms with E-state index in [9.17, 15) is 14.7 Å². The smallest absolute Gasteiger partial charge is 0.300 e. The van der Waals surface area contributed by atoms with Crippen molar-refractivity contribution in [1.29, 1.82) is 0 Å². The van der Waals surface area contributed by atoms with Crippen LogP contribution in [-0.4, -0.2) is 30.5 Å². The number of aryl methyl sites for hydroxylation is 2. The fraction of sp³-hybridized carbons (Fsp3) is 0.214. The summed E-state index contributed by atoms with van der Waals surface area (Å²) in [6.45, 7) is 6.11. The van der Waals surface area contributed by atoms with Gasteiger partial charge in [-0.25, -0.2) is 0 Å². The number of hydrogen-bond donors (Lipinski definition) is 1. The molecule has 0 spiro atoms. The number of ether oxygens (including phenoxy) is 2. The molecule has 0 aromatic heterocycles. The second-order valence-electron chi connectivity index (χ2n) is 8.37. The van der Waals surface area contributed by atoms with Gasteiger partial charge in [0, 0.05) is 16.3 Å². The molecule has 3 aromatic carbocycles. The molecule has 7 heteroatoms. The van der Waals surface area contributed by atoms with Crippen molar-refractivity contribution in [3.63, 3.8) is 0 Å². The Balaban J connectivity index is 1.98. The molecule has 35 heavy (non-hydrogen) atoms. The lowest BCUT2D eigenvalue weighted by molar-refractivity contribution is -0.132. The summed E-state index contributed by atoms with van der Waals surface area (Å²) >= 11 is 6.01. The summed E-state index contributed by atoms with van der Waals surface area (Å²) in [6.07, 6.45) is 0. The summed E-state index contributed by atoms with van der Waals surface area (Å²) in [5.41, 5.74) is 3.44. The zero-order valence-corrected chi connectivity index (χ0v) is 20.7. The number of carbonyl (C=O) groups excluding carboxylic acids is 2. The van der Waals surface area contributed by atoms with Crippen molar-refractivity contribution in [1.82, 2.24) is 0 Å². The van der Waals surface area contributed by atoms with Crippen molar-refractivity contribution in [3.8, 4) is 11.5 Å². The van der Waals surface area contributed by atoms with Crippen LogP contribution in [0, 0.1) is 13.8 Å². The summed E-state index contributed by atoms with van der Waals surface area (Å²) in [6, 6.07) is 16.5. The van der Waals surface area contributed by atoms with Gasteiger partial charge in [0.25, 0.3) is 11.7 Å². The molecule has 1 heterocycles. The lowest BCUT2D eigenvalue weighted by Gasteiger charge is -2.26. The third-order valence-corrected chi connectivity index (χ3v) is 6.10. The van der Waals surface area contributed by atoms with E-state index in [4.69, 9.17) is 21.1 Å². The standard InChI is InChI=1S/C28H26ClNO5/c1-5-35-23-15-19(8-11-22(23)34-4)25-24(26(31)18-6-9-20(29)10-7-18)27(32)28(33)30(25)21-13-16(2)12-17(3)14-21/h6-15,25,31H,5H2,1-4H3/b26-24-. The van der Waals surface area contributed by atoms with Gasteiger partial charge in [0.15, 0.2) is 11.5 Å². The molecule has 1 saturated heterocycles. The molecule has 0 radical (unpaired) electrons. The maximum atomic E-state index is 13.4. The molecule has 1 N–H and O–H groups in total. The normalized spacial score (nSPS) is 17.1. The molecule has 1 unspecified atom stereocenters. The zero-order valence-electron chi connectivity index (χ0n) is 20.0. The number of anilines is 1. The van der Waals surface area contributed by atoms with Crippen molar-refractivity contribution in [2.45, 2.75) is 26.8 Å². The number of nitrogens with zero attached hydrogens (tertiary/aromatic N) is 1. The van der Waals surface area contributed by atoms with Crippen LogP contribution in [0.25, 0.3) is 5.76 Å². The largest absolute Gasteiger partial charge is 0.507 e. The molecule has 1 amide bonds. The Morgan fingerprint density at radius 2 is 1.63 bits per heavy atom. The highest BCUT2D eigenvalue weighted by Gasteiger charge is 2.47. The van der Waals surface area contributed by atoms with Gasteiger partial charge >= 0.3 is 0 Å². The predicted molar refractivity (Wildman–Crippen MR) is 136 cm³/mol. The number of carbonyl (C=O) groups is 2. The second kappa shape index (κ2) is 9.84. The molecule has 0 aliphatic carbocycles. The highest BCUT2D eigenvalue weighted by Crippen LogP contribution is 2.44. The third-order valence-electron chi connectivity index (χ3n) is 5.85. The van der Waals surface area contributed by atoms with E-state index in [-0.39, 0.29) is 11.3 Å². The first-order chi connectivity index (χ1) is 16.7. The van der Waals surface area contributed by atoms with Crippen LogP contribution in [0.15, 0.2) is 66.2 Å². The van der Waals surface area contributed by atoms with Crippen molar-refractivity contribution < 1.29 is 24.2 Å². The molecule has 180 valence electrons. The van der Waals surface area contributed by atoms with Crippen molar-refractivity contribution in [2.24, 2.45) is 0 Å². The van der Waals surface area contributed by atoms with Crippen molar-refractivity contribution in [2.75, 3.05) is 18.6 Å². The fourth-order valence-electron chi connectivity index (χ4n) is 4.40. The van der Waals surface area contributed by atoms with E-state index in [2.05, 4.69) is 0 Å². The first-order valence-electron chi connectivity index (χ1n) is 11.2. The maximum Gasteiger partial charge on any atom is 0.300 e. The van der Waals surface area contributed by atoms with Crippen LogP contribution in [0.5, 0.6) is 11.5 Å². The van der Waals surface area contributed by atoms with E-state index in [1.54, 1.807) is 49.6 Å². The number of amides is 1. The molecular weight excluding hydrogens is 466 g/mol. The minimum Gasteiger partial charge on any atom is -0.507 e. The van der Waals surface area contributed by atoms with Crippen LogP contribution in [0.3, 0.4) is 0 Å². The van der Waals surface area contributed by atoms with E-state index in [0.29, 0.717) is 39.9 Å². The molecular formula is C28H26ClNO5. The number of rotatable bonds is 6. The Morgan fingerprint density at radius 3 is 2.23 bits per heavy atom. The summed E-state index contributed by atoms with van der Waals surface area (Å²) in [5.74, 6) is -0.757. The highest BCUT2D eigenvalue weighted by atomic mass is 35.5. The molecule has 4 rings (SSSR count). The van der Waals surface area contributed by atoms with E-state index in [1.807, 2.05) is 39.0 Å². The highest BCUT2D eigenvalue weighted by molar-refractivity contribution is 6.51. The number of benzene rings is 3. The number of hydrogen-bond acceptors (Lipinski definition) is 5. The molecule has 1 aliphatic heterocycles. The van der Waals surface area contributed by atoms with Crippen LogP contribution < -0.4 is 14.4 Å². The minimum atomic E-state index is -0.878. The fourth-order valence-corrected chi connectivity index (χ4v) is 4.52. The Morgan fingerprint density at radius 1 is 0.971 bits per heavy atom. The van der Waals surface area contributed by atoms with E-state index in [1.165, 1.54) is 4.90 Å². The third kappa shape index (κ3) is 4.62. The van der Waals surface area contributed by atoms with Crippen LogP contribution in [-0.2, 0) is 9.59 Å². The first-order valence-corrected chi connectivity index (χ1v) is 11.6. The van der Waals surface area contributed by atoms with Gasteiger partial charge in [-0.2, -0.15) is 0 Å². The van der Waals surface area contributed by atoms with Gasteiger partial charge in [0.1, 0.15) is 5.76 Å². The van der Waals surface area contributed by atoms with Gasteiger partial charge in [0.05, 0.1) is 25.3 Å². The van der Waals surface area contributed by atoms with Gasteiger partial charge in [-0.3, -0.25) is 14.5 Å². The SMILES string of the molecule is CCOc1cc(C2/C(=C(/O)c3ccc(Cl)cc3)C(=O)C(=O)N2c2cc(C)cc(C)c2)ccc1OC. The van der Waals surface area contributed by atoms with Crippen LogP contribution >= 0.6 is 11.6 Å². The molecule has 3 aromatic rings. The predicted octanol–water partition coefficient (Wildman–Crippen LogP) is 5.99. The summed E-state index contributed by atoms with van der Waals surface area (Å²) in [5, 5.41) is 11.8.